The summed E-state index contributed by atoms with van der Waals surface area (Å²) in [5.74, 6) is -0.943. The third-order valence-corrected chi connectivity index (χ3v) is 2.69. The van der Waals surface area contributed by atoms with Crippen molar-refractivity contribution in [3.63, 3.8) is 0 Å². The molecule has 2 rings (SSSR count). The standard InChI is InChI=1S/C9H12N2O2/c1-5-7-3-2-6(9(12)13)4-8(7)11-10-5/h6H,2-4H2,1H3,(H,10,11)(H,12,13)/t6-/m1/s1. The van der Waals surface area contributed by atoms with Crippen molar-refractivity contribution < 1.29 is 9.90 Å². The number of hydrogen-bond donors (Lipinski definition) is 2. The fraction of sp³-hybridized carbons (Fsp3) is 0.556. The lowest BCUT2D eigenvalue weighted by Gasteiger charge is -2.17. The van der Waals surface area contributed by atoms with Gasteiger partial charge in [-0.25, -0.2) is 0 Å². The molecule has 1 aromatic rings. The fourth-order valence-electron chi connectivity index (χ4n) is 1.87. The quantitative estimate of drug-likeness (QED) is 0.675. The van der Waals surface area contributed by atoms with Crippen molar-refractivity contribution in [1.82, 2.24) is 10.2 Å². The van der Waals surface area contributed by atoms with Crippen LogP contribution in [0, 0.1) is 12.8 Å². The summed E-state index contributed by atoms with van der Waals surface area (Å²) in [5, 5.41) is 15.8. The van der Waals surface area contributed by atoms with Gasteiger partial charge in [0.1, 0.15) is 0 Å². The van der Waals surface area contributed by atoms with Gasteiger partial charge in [0.05, 0.1) is 11.6 Å². The summed E-state index contributed by atoms with van der Waals surface area (Å²) in [6.45, 7) is 1.98. The van der Waals surface area contributed by atoms with Crippen molar-refractivity contribution >= 4 is 5.97 Å². The van der Waals surface area contributed by atoms with Crippen LogP contribution in [-0.2, 0) is 17.6 Å². The van der Waals surface area contributed by atoms with Crippen LogP contribution in [0.5, 0.6) is 0 Å². The zero-order valence-electron chi connectivity index (χ0n) is 7.50. The molecule has 0 radical (unpaired) electrons. The molecule has 4 heteroatoms. The molecule has 1 aliphatic rings. The van der Waals surface area contributed by atoms with Crippen LogP contribution in [0.2, 0.25) is 0 Å². The number of nitrogens with zero attached hydrogens (tertiary/aromatic N) is 1. The number of nitrogens with one attached hydrogen (secondary N) is 1. The van der Waals surface area contributed by atoms with Crippen molar-refractivity contribution in [3.05, 3.63) is 17.0 Å². The Kier molecular flexibility index (Phi) is 1.83. The molecular formula is C9H12N2O2. The molecule has 0 saturated carbocycles. The number of H-pyrrole nitrogens is 1. The minimum atomic E-state index is -0.702. The molecule has 0 spiro atoms. The van der Waals surface area contributed by atoms with Crippen molar-refractivity contribution in [2.24, 2.45) is 5.92 Å². The van der Waals surface area contributed by atoms with Crippen LogP contribution in [0.3, 0.4) is 0 Å². The molecule has 0 unspecified atom stereocenters. The Bertz CT molecular complexity index is 343. The second kappa shape index (κ2) is 2.87. The molecule has 13 heavy (non-hydrogen) atoms. The Morgan fingerprint density at radius 1 is 1.69 bits per heavy atom. The molecular weight excluding hydrogens is 168 g/mol. The predicted octanol–water partition coefficient (Wildman–Crippen LogP) is 0.908. The zero-order chi connectivity index (χ0) is 9.42. The first-order chi connectivity index (χ1) is 6.18. The largest absolute Gasteiger partial charge is 0.481 e. The van der Waals surface area contributed by atoms with Crippen molar-refractivity contribution in [2.75, 3.05) is 0 Å². The van der Waals surface area contributed by atoms with Gasteiger partial charge < -0.3 is 5.11 Å². The van der Waals surface area contributed by atoms with Gasteiger partial charge in [-0.1, -0.05) is 0 Å². The average molecular weight is 180 g/mol. The lowest BCUT2D eigenvalue weighted by molar-refractivity contribution is -0.142. The van der Waals surface area contributed by atoms with E-state index in [1.165, 1.54) is 5.56 Å². The molecule has 1 atom stereocenters. The van der Waals surface area contributed by atoms with Gasteiger partial charge in [0.15, 0.2) is 0 Å². The van der Waals surface area contributed by atoms with E-state index in [9.17, 15) is 4.79 Å². The second-order valence-electron chi connectivity index (χ2n) is 3.55. The lowest BCUT2D eigenvalue weighted by Crippen LogP contribution is -2.22. The van der Waals surface area contributed by atoms with Crippen LogP contribution in [0.4, 0.5) is 0 Å². The highest BCUT2D eigenvalue weighted by atomic mass is 16.4. The summed E-state index contributed by atoms with van der Waals surface area (Å²) >= 11 is 0. The smallest absolute Gasteiger partial charge is 0.306 e. The maximum absolute atomic E-state index is 10.7. The molecule has 0 aliphatic heterocycles. The number of fused-ring (bicyclic) bond motifs is 1. The van der Waals surface area contributed by atoms with E-state index in [1.807, 2.05) is 6.92 Å². The molecule has 0 bridgehead atoms. The van der Waals surface area contributed by atoms with E-state index in [-0.39, 0.29) is 5.92 Å². The first-order valence-corrected chi connectivity index (χ1v) is 4.44. The van der Waals surface area contributed by atoms with Gasteiger partial charge in [0.2, 0.25) is 0 Å². The third kappa shape index (κ3) is 1.32. The van der Waals surface area contributed by atoms with Crippen LogP contribution < -0.4 is 0 Å². The topological polar surface area (TPSA) is 66.0 Å². The van der Waals surface area contributed by atoms with Crippen molar-refractivity contribution in [2.45, 2.75) is 26.2 Å². The van der Waals surface area contributed by atoms with E-state index in [0.717, 1.165) is 24.2 Å². The number of hydrogen-bond acceptors (Lipinski definition) is 2. The zero-order valence-corrected chi connectivity index (χ0v) is 7.50. The van der Waals surface area contributed by atoms with Crippen molar-refractivity contribution in [3.8, 4) is 0 Å². The highest BCUT2D eigenvalue weighted by Gasteiger charge is 2.26. The van der Waals surface area contributed by atoms with Crippen LogP contribution in [0.15, 0.2) is 0 Å². The molecule has 1 aromatic heterocycles. The van der Waals surface area contributed by atoms with Gasteiger partial charge in [-0.15, -0.1) is 0 Å². The molecule has 1 heterocycles. The van der Waals surface area contributed by atoms with E-state index in [1.54, 1.807) is 0 Å². The minimum absolute atomic E-state index is 0.241. The van der Waals surface area contributed by atoms with Crippen LogP contribution in [0.25, 0.3) is 0 Å². The van der Waals surface area contributed by atoms with E-state index >= 15 is 0 Å². The number of carbonyl (C=O) groups is 1. The van der Waals surface area contributed by atoms with E-state index in [2.05, 4.69) is 10.2 Å². The van der Waals surface area contributed by atoms with E-state index < -0.39 is 5.97 Å². The molecule has 70 valence electrons. The Morgan fingerprint density at radius 3 is 3.15 bits per heavy atom. The maximum Gasteiger partial charge on any atom is 0.306 e. The number of aromatic nitrogens is 2. The molecule has 2 N–H and O–H groups in total. The van der Waals surface area contributed by atoms with Gasteiger partial charge in [0, 0.05) is 12.1 Å². The highest BCUT2D eigenvalue weighted by Crippen LogP contribution is 2.25. The Labute approximate surface area is 76.0 Å². The Hall–Kier alpha value is -1.32. The Morgan fingerprint density at radius 2 is 2.46 bits per heavy atom. The summed E-state index contributed by atoms with van der Waals surface area (Å²) in [6, 6.07) is 0. The average Bonchev–Trinajstić information content (AvgIpc) is 2.47. The van der Waals surface area contributed by atoms with Crippen LogP contribution in [0.1, 0.15) is 23.4 Å². The normalized spacial score (nSPS) is 21.2. The van der Waals surface area contributed by atoms with Gasteiger partial charge in [-0.3, -0.25) is 9.89 Å². The first-order valence-electron chi connectivity index (χ1n) is 4.44. The minimum Gasteiger partial charge on any atom is -0.481 e. The summed E-state index contributed by atoms with van der Waals surface area (Å²) in [5.41, 5.74) is 3.24. The fourth-order valence-corrected chi connectivity index (χ4v) is 1.87. The van der Waals surface area contributed by atoms with E-state index in [4.69, 9.17) is 5.11 Å². The number of rotatable bonds is 1. The maximum atomic E-state index is 10.7. The van der Waals surface area contributed by atoms with Gasteiger partial charge in [-0.2, -0.15) is 5.10 Å². The van der Waals surface area contributed by atoms with Crippen LogP contribution in [-0.4, -0.2) is 21.3 Å². The second-order valence-corrected chi connectivity index (χ2v) is 3.55. The van der Waals surface area contributed by atoms with Gasteiger partial charge in [0.25, 0.3) is 0 Å². The summed E-state index contributed by atoms with van der Waals surface area (Å²) in [7, 11) is 0. The number of aliphatic carboxylic acids is 1. The van der Waals surface area contributed by atoms with Crippen LogP contribution >= 0.6 is 0 Å². The first kappa shape index (κ1) is 8.29. The summed E-state index contributed by atoms with van der Waals surface area (Å²) in [4.78, 5) is 10.7. The lowest BCUT2D eigenvalue weighted by atomic mass is 9.87. The summed E-state index contributed by atoms with van der Waals surface area (Å²) < 4.78 is 0. The number of aryl methyl sites for hydroxylation is 1. The molecule has 4 nitrogen and oxygen atoms in total. The third-order valence-electron chi connectivity index (χ3n) is 2.69. The SMILES string of the molecule is Cc1[nH]nc2c1CC[C@@H](C(=O)O)C2. The van der Waals surface area contributed by atoms with Crippen molar-refractivity contribution in [1.29, 1.82) is 0 Å². The van der Waals surface area contributed by atoms with Gasteiger partial charge in [-0.05, 0) is 25.3 Å². The molecule has 0 aromatic carbocycles. The summed E-state index contributed by atoms with van der Waals surface area (Å²) in [6.07, 6.45) is 2.16. The molecule has 1 aliphatic carbocycles. The number of carboxylic acid groups (broad SMARTS) is 1. The van der Waals surface area contributed by atoms with E-state index in [0.29, 0.717) is 6.42 Å². The molecule has 0 amide bonds. The number of aromatic amines is 1. The highest BCUT2D eigenvalue weighted by molar-refractivity contribution is 5.70. The molecule has 0 fully saturated rings. The number of carboxylic acids is 1. The predicted molar refractivity (Wildman–Crippen MR) is 46.5 cm³/mol. The Balaban J connectivity index is 2.25. The van der Waals surface area contributed by atoms with Gasteiger partial charge >= 0.3 is 5.97 Å². The molecule has 0 saturated heterocycles. The monoisotopic (exact) mass is 180 g/mol.